The van der Waals surface area contributed by atoms with E-state index in [-0.39, 0.29) is 36.5 Å². The molecule has 0 unspecified atom stereocenters. The topological polar surface area (TPSA) is 65.0 Å². The molecule has 2 amide bonds. The standard InChI is InChI=1S/C26H26FN3O3/c1-33-24-13-7-5-11-20(24)28-26(32)30-15-22-25(18-9-3-6-12-21(18)30)23(16-31)29(22)14-17-8-2-4-10-19(17)27/h2-13,22-23,25,31H,14-16H2,1H3,(H,28,32)/t22-,23+,25+/m1/s1. The molecule has 33 heavy (non-hydrogen) atoms. The van der Waals surface area contributed by atoms with E-state index in [0.29, 0.717) is 30.1 Å². The number of aliphatic hydroxyl groups is 1. The number of urea groups is 1. The number of nitrogens with one attached hydrogen (secondary N) is 1. The number of methoxy groups -OCH3 is 1. The van der Waals surface area contributed by atoms with Crippen LogP contribution in [0.15, 0.2) is 72.8 Å². The van der Waals surface area contributed by atoms with Crippen molar-refractivity contribution < 1.29 is 19.0 Å². The van der Waals surface area contributed by atoms with Crippen LogP contribution in [-0.4, -0.2) is 48.4 Å². The van der Waals surface area contributed by atoms with Crippen molar-refractivity contribution in [1.29, 1.82) is 0 Å². The smallest absolute Gasteiger partial charge is 0.326 e. The number of rotatable bonds is 5. The van der Waals surface area contributed by atoms with E-state index in [4.69, 9.17) is 4.74 Å². The highest BCUT2D eigenvalue weighted by atomic mass is 19.1. The number of halogens is 1. The lowest BCUT2D eigenvalue weighted by molar-refractivity contribution is -0.0490. The molecule has 2 aliphatic heterocycles. The first kappa shape index (κ1) is 21.4. The molecule has 1 fully saturated rings. The van der Waals surface area contributed by atoms with Gasteiger partial charge in [-0.3, -0.25) is 9.80 Å². The third-order valence-electron chi connectivity index (χ3n) is 6.73. The first-order valence-corrected chi connectivity index (χ1v) is 11.0. The van der Waals surface area contributed by atoms with Crippen LogP contribution < -0.4 is 15.0 Å². The average Bonchev–Trinajstić information content (AvgIpc) is 2.83. The van der Waals surface area contributed by atoms with Crippen LogP contribution in [0.3, 0.4) is 0 Å². The van der Waals surface area contributed by atoms with Crippen molar-refractivity contribution in [2.45, 2.75) is 24.5 Å². The van der Waals surface area contributed by atoms with E-state index in [0.717, 1.165) is 11.3 Å². The van der Waals surface area contributed by atoms with Crippen LogP contribution in [0.5, 0.6) is 5.75 Å². The number of likely N-dealkylation sites (tertiary alicyclic amines) is 1. The molecule has 0 bridgehead atoms. The third kappa shape index (κ3) is 3.73. The highest BCUT2D eigenvalue weighted by Gasteiger charge is 2.53. The second-order valence-electron chi connectivity index (χ2n) is 8.41. The number of nitrogens with zero attached hydrogens (tertiary/aromatic N) is 2. The molecule has 1 saturated heterocycles. The first-order chi connectivity index (χ1) is 16.1. The molecule has 170 valence electrons. The summed E-state index contributed by atoms with van der Waals surface area (Å²) in [5.74, 6) is 0.395. The molecule has 2 heterocycles. The number of hydrogen-bond acceptors (Lipinski definition) is 4. The molecular weight excluding hydrogens is 421 g/mol. The molecule has 0 spiro atoms. The summed E-state index contributed by atoms with van der Waals surface area (Å²) in [5.41, 5.74) is 3.02. The number of amides is 2. The number of carbonyl (C=O) groups is 1. The predicted molar refractivity (Wildman–Crippen MR) is 125 cm³/mol. The fourth-order valence-corrected chi connectivity index (χ4v) is 5.15. The van der Waals surface area contributed by atoms with Crippen LogP contribution in [0.2, 0.25) is 0 Å². The second-order valence-corrected chi connectivity index (χ2v) is 8.41. The largest absolute Gasteiger partial charge is 0.495 e. The maximum absolute atomic E-state index is 14.3. The minimum atomic E-state index is -0.264. The zero-order valence-corrected chi connectivity index (χ0v) is 18.3. The number of aliphatic hydroxyl groups excluding tert-OH is 1. The van der Waals surface area contributed by atoms with Crippen LogP contribution in [0.25, 0.3) is 0 Å². The Morgan fingerprint density at radius 1 is 1.09 bits per heavy atom. The van der Waals surface area contributed by atoms with Gasteiger partial charge in [-0.25, -0.2) is 9.18 Å². The Hall–Kier alpha value is -3.42. The Bertz CT molecular complexity index is 1170. The molecule has 0 saturated carbocycles. The van der Waals surface area contributed by atoms with Crippen molar-refractivity contribution in [2.24, 2.45) is 0 Å². The lowest BCUT2D eigenvalue weighted by atomic mass is 9.72. The molecule has 3 atom stereocenters. The van der Waals surface area contributed by atoms with E-state index in [1.807, 2.05) is 42.5 Å². The summed E-state index contributed by atoms with van der Waals surface area (Å²) < 4.78 is 19.7. The van der Waals surface area contributed by atoms with Gasteiger partial charge in [0.1, 0.15) is 11.6 Å². The quantitative estimate of drug-likeness (QED) is 0.615. The van der Waals surface area contributed by atoms with Crippen molar-refractivity contribution in [3.05, 3.63) is 89.7 Å². The Morgan fingerprint density at radius 3 is 2.61 bits per heavy atom. The van der Waals surface area contributed by atoms with Crippen molar-refractivity contribution >= 4 is 17.4 Å². The maximum Gasteiger partial charge on any atom is 0.326 e. The number of ether oxygens (including phenoxy) is 1. The predicted octanol–water partition coefficient (Wildman–Crippen LogP) is 4.22. The first-order valence-electron chi connectivity index (χ1n) is 11.0. The van der Waals surface area contributed by atoms with Gasteiger partial charge < -0.3 is 15.2 Å². The molecule has 0 radical (unpaired) electrons. The molecule has 7 heteroatoms. The van der Waals surface area contributed by atoms with Crippen LogP contribution in [0.4, 0.5) is 20.6 Å². The van der Waals surface area contributed by atoms with Gasteiger partial charge in [-0.15, -0.1) is 0 Å². The van der Waals surface area contributed by atoms with Gasteiger partial charge in [0.2, 0.25) is 0 Å². The molecular formula is C26H26FN3O3. The molecule has 3 aromatic carbocycles. The Balaban J connectivity index is 1.45. The number of carbonyl (C=O) groups excluding carboxylic acids is 1. The van der Waals surface area contributed by atoms with Crippen molar-refractivity contribution in [3.8, 4) is 5.75 Å². The van der Waals surface area contributed by atoms with Gasteiger partial charge in [-0.1, -0.05) is 48.5 Å². The highest BCUT2D eigenvalue weighted by molar-refractivity contribution is 6.03. The van der Waals surface area contributed by atoms with Gasteiger partial charge in [0.05, 0.1) is 19.4 Å². The zero-order valence-electron chi connectivity index (χ0n) is 18.3. The number of benzene rings is 3. The van der Waals surface area contributed by atoms with Gasteiger partial charge >= 0.3 is 6.03 Å². The number of fused-ring (bicyclic) bond motifs is 3. The second kappa shape index (κ2) is 8.84. The number of para-hydroxylation sites is 3. The molecule has 2 N–H and O–H groups in total. The van der Waals surface area contributed by atoms with Gasteiger partial charge in [-0.05, 0) is 29.8 Å². The lowest BCUT2D eigenvalue weighted by Crippen LogP contribution is -2.69. The summed E-state index contributed by atoms with van der Waals surface area (Å²) in [4.78, 5) is 17.2. The summed E-state index contributed by atoms with van der Waals surface area (Å²) in [7, 11) is 1.57. The lowest BCUT2D eigenvalue weighted by Gasteiger charge is -2.59. The van der Waals surface area contributed by atoms with Crippen LogP contribution >= 0.6 is 0 Å². The van der Waals surface area contributed by atoms with Crippen molar-refractivity contribution in [2.75, 3.05) is 30.5 Å². The SMILES string of the molecule is COc1ccccc1NC(=O)N1C[C@@H]2[C@H](c3ccccc31)[C@H](CO)N2Cc1ccccc1F. The molecule has 6 nitrogen and oxygen atoms in total. The Morgan fingerprint density at radius 2 is 1.82 bits per heavy atom. The fraction of sp³-hybridized carbons (Fsp3) is 0.269. The summed E-state index contributed by atoms with van der Waals surface area (Å²) in [5, 5.41) is 13.1. The van der Waals surface area contributed by atoms with Gasteiger partial charge in [0.25, 0.3) is 0 Å². The molecule has 5 rings (SSSR count). The van der Waals surface area contributed by atoms with E-state index in [1.54, 1.807) is 36.3 Å². The molecule has 3 aromatic rings. The van der Waals surface area contributed by atoms with E-state index >= 15 is 0 Å². The monoisotopic (exact) mass is 447 g/mol. The average molecular weight is 448 g/mol. The maximum atomic E-state index is 14.3. The highest BCUT2D eigenvalue weighted by Crippen LogP contribution is 2.48. The summed E-state index contributed by atoms with van der Waals surface area (Å²) in [6.45, 7) is 0.786. The van der Waals surface area contributed by atoms with E-state index in [1.165, 1.54) is 6.07 Å². The van der Waals surface area contributed by atoms with E-state index in [2.05, 4.69) is 10.2 Å². The fourth-order valence-electron chi connectivity index (χ4n) is 5.15. The third-order valence-corrected chi connectivity index (χ3v) is 6.73. The normalized spacial score (nSPS) is 21.5. The van der Waals surface area contributed by atoms with Gasteiger partial charge in [0.15, 0.2) is 0 Å². The van der Waals surface area contributed by atoms with Gasteiger partial charge in [0, 0.05) is 42.3 Å². The Kier molecular flexibility index (Phi) is 5.74. The Labute approximate surface area is 192 Å². The van der Waals surface area contributed by atoms with E-state index in [9.17, 15) is 14.3 Å². The number of anilines is 2. The zero-order chi connectivity index (χ0) is 22.9. The van der Waals surface area contributed by atoms with Crippen molar-refractivity contribution in [1.82, 2.24) is 4.90 Å². The minimum absolute atomic E-state index is 0.0277. The molecule has 0 aliphatic carbocycles. The molecule has 0 aromatic heterocycles. The summed E-state index contributed by atoms with van der Waals surface area (Å²) >= 11 is 0. The van der Waals surface area contributed by atoms with Crippen LogP contribution in [-0.2, 0) is 6.54 Å². The van der Waals surface area contributed by atoms with Crippen LogP contribution in [0, 0.1) is 5.82 Å². The molecule has 2 aliphatic rings. The minimum Gasteiger partial charge on any atom is -0.495 e. The summed E-state index contributed by atoms with van der Waals surface area (Å²) in [6, 6.07) is 21.4. The summed E-state index contributed by atoms with van der Waals surface area (Å²) in [6.07, 6.45) is 0. The van der Waals surface area contributed by atoms with Crippen molar-refractivity contribution in [3.63, 3.8) is 0 Å². The van der Waals surface area contributed by atoms with E-state index < -0.39 is 0 Å². The number of hydrogen-bond donors (Lipinski definition) is 2. The van der Waals surface area contributed by atoms with Crippen LogP contribution in [0.1, 0.15) is 17.0 Å². The van der Waals surface area contributed by atoms with Gasteiger partial charge in [-0.2, -0.15) is 0 Å².